The van der Waals surface area contributed by atoms with E-state index in [2.05, 4.69) is 16.1 Å². The van der Waals surface area contributed by atoms with Gasteiger partial charge in [0.05, 0.1) is 12.6 Å². The van der Waals surface area contributed by atoms with Gasteiger partial charge in [0.15, 0.2) is 4.77 Å². The van der Waals surface area contributed by atoms with Crippen molar-refractivity contribution >= 4 is 18.4 Å². The normalized spacial score (nSPS) is 21.0. The molecule has 25 heavy (non-hydrogen) atoms. The summed E-state index contributed by atoms with van der Waals surface area (Å²) in [6, 6.07) is 0. The van der Waals surface area contributed by atoms with Gasteiger partial charge in [-0.1, -0.05) is 11.6 Å². The number of H-pyrrole nitrogens is 1. The molecule has 6 nitrogen and oxygen atoms in total. The molecule has 1 saturated heterocycles. The Labute approximate surface area is 152 Å². The highest BCUT2D eigenvalue weighted by Gasteiger charge is 2.15. The maximum Gasteiger partial charge on any atom is 0.264 e. The van der Waals surface area contributed by atoms with E-state index in [4.69, 9.17) is 17.0 Å². The van der Waals surface area contributed by atoms with Crippen molar-refractivity contribution in [3.05, 3.63) is 32.3 Å². The van der Waals surface area contributed by atoms with Crippen molar-refractivity contribution < 1.29 is 9.84 Å². The standard InChI is InChI=1S/C18H25N3O3S/c22-16-15(12-19-11-14-7-4-10-24-14)17(23)21(18(25)20-16)9-8-13-5-2-1-3-6-13/h5,12,14,23H,1-4,6-11H2,(H,20,22,25). The molecular weight excluding hydrogens is 338 g/mol. The maximum atomic E-state index is 12.1. The lowest BCUT2D eigenvalue weighted by Crippen LogP contribution is -2.19. The first-order valence-corrected chi connectivity index (χ1v) is 9.41. The molecule has 0 radical (unpaired) electrons. The number of hydrogen-bond donors (Lipinski definition) is 2. The van der Waals surface area contributed by atoms with Crippen molar-refractivity contribution in [2.75, 3.05) is 13.2 Å². The third-order valence-electron chi connectivity index (χ3n) is 4.80. The van der Waals surface area contributed by atoms with Gasteiger partial charge in [-0.05, 0) is 57.2 Å². The quantitative estimate of drug-likeness (QED) is 0.462. The van der Waals surface area contributed by atoms with Gasteiger partial charge < -0.3 is 9.84 Å². The largest absolute Gasteiger partial charge is 0.494 e. The summed E-state index contributed by atoms with van der Waals surface area (Å²) in [4.78, 5) is 19.0. The van der Waals surface area contributed by atoms with E-state index in [0.29, 0.717) is 13.1 Å². The molecule has 1 unspecified atom stereocenters. The summed E-state index contributed by atoms with van der Waals surface area (Å²) in [5.74, 6) is -0.110. The Morgan fingerprint density at radius 3 is 3.04 bits per heavy atom. The predicted molar refractivity (Wildman–Crippen MR) is 100 cm³/mol. The Hall–Kier alpha value is -1.73. The molecule has 136 valence electrons. The summed E-state index contributed by atoms with van der Waals surface area (Å²) in [7, 11) is 0. The molecular formula is C18H25N3O3S. The third-order valence-corrected chi connectivity index (χ3v) is 5.12. The number of aromatic nitrogens is 2. The van der Waals surface area contributed by atoms with Gasteiger partial charge in [0.25, 0.3) is 5.56 Å². The summed E-state index contributed by atoms with van der Waals surface area (Å²) < 4.78 is 7.34. The molecule has 0 spiro atoms. The summed E-state index contributed by atoms with van der Waals surface area (Å²) >= 11 is 5.22. The Morgan fingerprint density at radius 2 is 2.32 bits per heavy atom. The van der Waals surface area contributed by atoms with Gasteiger partial charge >= 0.3 is 0 Å². The Kier molecular flexibility index (Phi) is 6.20. The number of nitrogens with zero attached hydrogens (tertiary/aromatic N) is 2. The van der Waals surface area contributed by atoms with Crippen molar-refractivity contribution in [1.29, 1.82) is 0 Å². The first kappa shape index (κ1) is 18.1. The fraction of sp³-hybridized carbons (Fsp3) is 0.611. The molecule has 1 aromatic heterocycles. The van der Waals surface area contributed by atoms with Crippen LogP contribution in [0, 0.1) is 4.77 Å². The van der Waals surface area contributed by atoms with E-state index >= 15 is 0 Å². The summed E-state index contributed by atoms with van der Waals surface area (Å²) in [6.45, 7) is 1.83. The molecule has 2 aliphatic rings. The van der Waals surface area contributed by atoms with Crippen molar-refractivity contribution in [3.8, 4) is 5.88 Å². The molecule has 0 saturated carbocycles. The average Bonchev–Trinajstić information content (AvgIpc) is 3.12. The molecule has 1 aliphatic heterocycles. The maximum absolute atomic E-state index is 12.1. The third kappa shape index (κ3) is 4.67. The van der Waals surface area contributed by atoms with Crippen LogP contribution >= 0.6 is 12.2 Å². The Bertz CT molecular complexity index is 773. The van der Waals surface area contributed by atoms with Crippen molar-refractivity contribution in [2.45, 2.75) is 57.6 Å². The van der Waals surface area contributed by atoms with Gasteiger partial charge in [0.1, 0.15) is 5.56 Å². The minimum Gasteiger partial charge on any atom is -0.494 e. The van der Waals surface area contributed by atoms with Gasteiger partial charge in [-0.15, -0.1) is 0 Å². The lowest BCUT2D eigenvalue weighted by molar-refractivity contribution is 0.118. The number of allylic oxidation sites excluding steroid dienone is 2. The van der Waals surface area contributed by atoms with Crippen molar-refractivity contribution in [2.24, 2.45) is 4.99 Å². The second-order valence-corrected chi connectivity index (χ2v) is 7.02. The highest BCUT2D eigenvalue weighted by molar-refractivity contribution is 7.71. The van der Waals surface area contributed by atoms with E-state index < -0.39 is 5.56 Å². The van der Waals surface area contributed by atoms with E-state index in [1.807, 2.05) is 0 Å². The molecule has 2 heterocycles. The van der Waals surface area contributed by atoms with Crippen LogP contribution in [0.25, 0.3) is 0 Å². The van der Waals surface area contributed by atoms with Crippen LogP contribution in [0.3, 0.4) is 0 Å². The van der Waals surface area contributed by atoms with Crippen LogP contribution in [-0.2, 0) is 11.3 Å². The Morgan fingerprint density at radius 1 is 1.44 bits per heavy atom. The second-order valence-electron chi connectivity index (χ2n) is 6.64. The molecule has 3 rings (SSSR count). The van der Waals surface area contributed by atoms with Crippen LogP contribution in [0.4, 0.5) is 0 Å². The molecule has 0 bridgehead atoms. The summed E-state index contributed by atoms with van der Waals surface area (Å²) in [5.41, 5.74) is 1.14. The number of aromatic hydroxyl groups is 1. The number of ether oxygens (including phenoxy) is 1. The zero-order chi connectivity index (χ0) is 17.6. The number of nitrogens with one attached hydrogen (secondary N) is 1. The highest BCUT2D eigenvalue weighted by Crippen LogP contribution is 2.22. The van der Waals surface area contributed by atoms with Crippen LogP contribution < -0.4 is 5.56 Å². The minimum atomic E-state index is -0.410. The fourth-order valence-electron chi connectivity index (χ4n) is 3.34. The number of hydrogen-bond acceptors (Lipinski definition) is 5. The van der Waals surface area contributed by atoms with Gasteiger partial charge in [0, 0.05) is 19.4 Å². The highest BCUT2D eigenvalue weighted by atomic mass is 32.1. The van der Waals surface area contributed by atoms with E-state index in [0.717, 1.165) is 38.7 Å². The van der Waals surface area contributed by atoms with Crippen LogP contribution in [0.1, 0.15) is 50.5 Å². The molecule has 1 atom stereocenters. The smallest absolute Gasteiger partial charge is 0.264 e. The number of aromatic amines is 1. The van der Waals surface area contributed by atoms with Crippen LogP contribution in [-0.4, -0.2) is 40.1 Å². The topological polar surface area (TPSA) is 79.6 Å². The molecule has 0 amide bonds. The van der Waals surface area contributed by atoms with Gasteiger partial charge in [0.2, 0.25) is 5.88 Å². The van der Waals surface area contributed by atoms with E-state index in [1.54, 1.807) is 4.57 Å². The van der Waals surface area contributed by atoms with E-state index in [1.165, 1.54) is 24.6 Å². The first-order chi connectivity index (χ1) is 12.1. The van der Waals surface area contributed by atoms with Crippen LogP contribution in [0.2, 0.25) is 0 Å². The molecule has 7 heteroatoms. The summed E-state index contributed by atoms with van der Waals surface area (Å²) in [5, 5.41) is 10.5. The monoisotopic (exact) mass is 363 g/mol. The van der Waals surface area contributed by atoms with Crippen molar-refractivity contribution in [1.82, 2.24) is 9.55 Å². The molecule has 1 fully saturated rings. The first-order valence-electron chi connectivity index (χ1n) is 9.00. The zero-order valence-corrected chi connectivity index (χ0v) is 15.2. The second kappa shape index (κ2) is 8.58. The van der Waals surface area contributed by atoms with Gasteiger partial charge in [-0.25, -0.2) is 0 Å². The molecule has 1 aliphatic carbocycles. The van der Waals surface area contributed by atoms with Gasteiger partial charge in [-0.2, -0.15) is 0 Å². The van der Waals surface area contributed by atoms with E-state index in [-0.39, 0.29) is 22.3 Å². The molecule has 0 aromatic carbocycles. The lowest BCUT2D eigenvalue weighted by atomic mass is 9.97. The van der Waals surface area contributed by atoms with E-state index in [9.17, 15) is 9.90 Å². The van der Waals surface area contributed by atoms with Gasteiger partial charge in [-0.3, -0.25) is 19.3 Å². The number of rotatable bonds is 6. The summed E-state index contributed by atoms with van der Waals surface area (Å²) in [6.07, 6.45) is 11.4. The SMILES string of the molecule is O=c1[nH]c(=S)n(CCC2=CCCCC2)c(O)c1C=NCC1CCCO1. The molecule has 1 aromatic rings. The zero-order valence-electron chi connectivity index (χ0n) is 14.4. The van der Waals surface area contributed by atoms with Crippen LogP contribution in [0.15, 0.2) is 21.4 Å². The predicted octanol–water partition coefficient (Wildman–Crippen LogP) is 3.10. The average molecular weight is 363 g/mol. The number of aliphatic imine (C=N–C) groups is 1. The van der Waals surface area contributed by atoms with Crippen LogP contribution in [0.5, 0.6) is 5.88 Å². The molecule has 2 N–H and O–H groups in total. The lowest BCUT2D eigenvalue weighted by Gasteiger charge is -2.15. The van der Waals surface area contributed by atoms with Crippen molar-refractivity contribution in [3.63, 3.8) is 0 Å². The fourth-order valence-corrected chi connectivity index (χ4v) is 3.61. The minimum absolute atomic E-state index is 0.110. The Balaban J connectivity index is 1.74.